The van der Waals surface area contributed by atoms with E-state index < -0.39 is 17.7 Å². The van der Waals surface area contributed by atoms with Crippen LogP contribution < -0.4 is 20.3 Å². The van der Waals surface area contributed by atoms with Crippen LogP contribution in [0.3, 0.4) is 0 Å². The van der Waals surface area contributed by atoms with Crippen molar-refractivity contribution in [3.05, 3.63) is 87.4 Å². The number of nitrogens with zero attached hydrogens (tertiary/aromatic N) is 1. The minimum Gasteiger partial charge on any atom is -0.467 e. The number of fused-ring (bicyclic) bond motifs is 4. The second-order valence-electron chi connectivity index (χ2n) is 8.86. The maximum absolute atomic E-state index is 13.9. The first-order valence-electron chi connectivity index (χ1n) is 10.9. The summed E-state index contributed by atoms with van der Waals surface area (Å²) in [6.07, 6.45) is 0. The zero-order chi connectivity index (χ0) is 24.2. The minimum absolute atomic E-state index is 0.181. The summed E-state index contributed by atoms with van der Waals surface area (Å²) in [5.41, 5.74) is 3.33. The van der Waals surface area contributed by atoms with Crippen molar-refractivity contribution in [1.29, 1.82) is 0 Å². The van der Waals surface area contributed by atoms with Crippen LogP contribution in [0.4, 0.5) is 11.4 Å². The van der Waals surface area contributed by atoms with E-state index in [1.54, 1.807) is 18.2 Å². The van der Waals surface area contributed by atoms with Crippen molar-refractivity contribution >= 4 is 57.8 Å². The average Bonchev–Trinajstić information content (AvgIpc) is 2.77. The van der Waals surface area contributed by atoms with Crippen LogP contribution in [0.25, 0.3) is 0 Å². The van der Waals surface area contributed by atoms with Gasteiger partial charge in [0.1, 0.15) is 11.7 Å². The first-order valence-corrected chi connectivity index (χ1v) is 12.1. The number of carbonyl (C=O) groups is 1. The molecule has 5 nitrogen and oxygen atoms in total. The molecular weight excluding hydrogens is 489 g/mol. The van der Waals surface area contributed by atoms with E-state index in [-0.39, 0.29) is 5.91 Å². The van der Waals surface area contributed by atoms with E-state index in [9.17, 15) is 4.79 Å². The van der Waals surface area contributed by atoms with Crippen LogP contribution in [0.5, 0.6) is 5.75 Å². The zero-order valence-corrected chi connectivity index (χ0v) is 21.2. The lowest BCUT2D eigenvalue weighted by atomic mass is 9.78. The van der Waals surface area contributed by atoms with E-state index >= 15 is 0 Å². The predicted octanol–water partition coefficient (Wildman–Crippen LogP) is 6.41. The quantitative estimate of drug-likeness (QED) is 0.398. The molecule has 0 radical (unpaired) electrons. The Labute approximate surface area is 214 Å². The molecule has 8 heteroatoms. The molecule has 3 aromatic carbocycles. The summed E-state index contributed by atoms with van der Waals surface area (Å²) in [4.78, 5) is 15.7. The molecule has 34 heavy (non-hydrogen) atoms. The fourth-order valence-corrected chi connectivity index (χ4v) is 5.62. The van der Waals surface area contributed by atoms with Gasteiger partial charge in [0.25, 0.3) is 0 Å². The van der Waals surface area contributed by atoms with Gasteiger partial charge < -0.3 is 15.4 Å². The molecule has 2 aliphatic heterocycles. The Balaban J connectivity index is 1.63. The molecule has 2 heterocycles. The van der Waals surface area contributed by atoms with Crippen molar-refractivity contribution in [2.24, 2.45) is 5.92 Å². The zero-order valence-electron chi connectivity index (χ0n) is 18.9. The van der Waals surface area contributed by atoms with Gasteiger partial charge in [-0.05, 0) is 87.1 Å². The van der Waals surface area contributed by atoms with Crippen LogP contribution in [0.2, 0.25) is 10.0 Å². The van der Waals surface area contributed by atoms with Gasteiger partial charge in [-0.15, -0.1) is 0 Å². The van der Waals surface area contributed by atoms with Crippen LogP contribution in [0.1, 0.15) is 29.7 Å². The van der Waals surface area contributed by atoms with E-state index in [1.165, 1.54) is 0 Å². The van der Waals surface area contributed by atoms with E-state index in [0.717, 1.165) is 28.1 Å². The number of carbonyl (C=O) groups excluding carboxylic acids is 1. The van der Waals surface area contributed by atoms with Crippen molar-refractivity contribution in [2.45, 2.75) is 32.5 Å². The van der Waals surface area contributed by atoms with Crippen LogP contribution in [0.15, 0.2) is 60.7 Å². The highest BCUT2D eigenvalue weighted by Gasteiger charge is 2.59. The lowest BCUT2D eigenvalue weighted by Gasteiger charge is -2.56. The molecule has 3 aromatic rings. The minimum atomic E-state index is -1.11. The molecule has 0 saturated carbocycles. The molecule has 2 aliphatic rings. The summed E-state index contributed by atoms with van der Waals surface area (Å²) < 4.78 is 6.58. The third kappa shape index (κ3) is 3.80. The van der Waals surface area contributed by atoms with Crippen LogP contribution in [-0.2, 0) is 4.79 Å². The second kappa shape index (κ2) is 8.45. The number of thiocarbonyl (C=S) groups is 1. The highest BCUT2D eigenvalue weighted by atomic mass is 35.5. The Kier molecular flexibility index (Phi) is 5.71. The normalized spacial score (nSPS) is 23.0. The lowest BCUT2D eigenvalue weighted by Crippen LogP contribution is -2.72. The van der Waals surface area contributed by atoms with Crippen molar-refractivity contribution in [2.75, 3.05) is 10.2 Å². The number of halogens is 2. The number of rotatable bonds is 3. The van der Waals surface area contributed by atoms with Gasteiger partial charge >= 0.3 is 0 Å². The molecule has 1 saturated heterocycles. The van der Waals surface area contributed by atoms with Gasteiger partial charge in [0, 0.05) is 27.0 Å². The maximum atomic E-state index is 13.9. The monoisotopic (exact) mass is 511 g/mol. The summed E-state index contributed by atoms with van der Waals surface area (Å²) in [5, 5.41) is 8.13. The SMILES string of the molecule is Cc1ccc(NC(=O)C2C3NC(=S)N(c4ccc(Cl)cc4)C2(C)Oc2ccc(Cl)cc23)c(C)c1. The number of hydrogen-bond acceptors (Lipinski definition) is 3. The van der Waals surface area contributed by atoms with E-state index in [2.05, 4.69) is 10.6 Å². The highest BCUT2D eigenvalue weighted by Crippen LogP contribution is 2.50. The Bertz CT molecular complexity index is 1310. The molecule has 2 bridgehead atoms. The number of ether oxygens (including phenoxy) is 1. The summed E-state index contributed by atoms with van der Waals surface area (Å²) in [6, 6.07) is 18.3. The molecule has 2 N–H and O–H groups in total. The van der Waals surface area contributed by atoms with E-state index in [1.807, 2.05) is 68.1 Å². The van der Waals surface area contributed by atoms with E-state index in [4.69, 9.17) is 40.2 Å². The van der Waals surface area contributed by atoms with Gasteiger partial charge in [0.2, 0.25) is 5.91 Å². The summed E-state index contributed by atoms with van der Waals surface area (Å²) >= 11 is 18.2. The average molecular weight is 512 g/mol. The number of benzene rings is 3. The molecular formula is C26H23Cl2N3O2S. The molecule has 1 amide bonds. The topological polar surface area (TPSA) is 53.6 Å². The molecule has 0 spiro atoms. The van der Waals surface area contributed by atoms with Crippen LogP contribution in [0, 0.1) is 19.8 Å². The van der Waals surface area contributed by atoms with Crippen molar-refractivity contribution in [1.82, 2.24) is 5.32 Å². The fourth-order valence-electron chi connectivity index (χ4n) is 4.90. The van der Waals surface area contributed by atoms with Gasteiger partial charge in [-0.3, -0.25) is 9.69 Å². The Morgan fingerprint density at radius 1 is 1.06 bits per heavy atom. The number of anilines is 2. The van der Waals surface area contributed by atoms with E-state index in [0.29, 0.717) is 20.9 Å². The van der Waals surface area contributed by atoms with Crippen molar-refractivity contribution in [3.63, 3.8) is 0 Å². The summed E-state index contributed by atoms with van der Waals surface area (Å²) in [5.74, 6) is -0.179. The number of hydrogen-bond donors (Lipinski definition) is 2. The Morgan fingerprint density at radius 3 is 2.47 bits per heavy atom. The number of aryl methyl sites for hydroxylation is 2. The molecule has 3 unspecified atom stereocenters. The number of amides is 1. The molecule has 0 aliphatic carbocycles. The molecule has 174 valence electrons. The van der Waals surface area contributed by atoms with Gasteiger partial charge in [0.15, 0.2) is 10.8 Å². The third-order valence-electron chi connectivity index (χ3n) is 6.47. The van der Waals surface area contributed by atoms with Gasteiger partial charge in [0.05, 0.1) is 6.04 Å². The summed E-state index contributed by atoms with van der Waals surface area (Å²) in [7, 11) is 0. The van der Waals surface area contributed by atoms with Crippen molar-refractivity contribution in [3.8, 4) is 5.75 Å². The van der Waals surface area contributed by atoms with Gasteiger partial charge in [-0.25, -0.2) is 0 Å². The Hall–Kier alpha value is -2.80. The smallest absolute Gasteiger partial charge is 0.236 e. The van der Waals surface area contributed by atoms with Crippen LogP contribution >= 0.6 is 35.4 Å². The lowest BCUT2D eigenvalue weighted by molar-refractivity contribution is -0.130. The largest absolute Gasteiger partial charge is 0.467 e. The molecule has 1 fully saturated rings. The van der Waals surface area contributed by atoms with Gasteiger partial charge in [-0.2, -0.15) is 0 Å². The Morgan fingerprint density at radius 2 is 1.76 bits per heavy atom. The van der Waals surface area contributed by atoms with Gasteiger partial charge in [-0.1, -0.05) is 40.9 Å². The first-order chi connectivity index (χ1) is 16.2. The first kappa shape index (κ1) is 23.0. The highest BCUT2D eigenvalue weighted by molar-refractivity contribution is 7.80. The maximum Gasteiger partial charge on any atom is 0.236 e. The number of nitrogens with one attached hydrogen (secondary N) is 2. The fraction of sp³-hybridized carbons (Fsp3) is 0.231. The van der Waals surface area contributed by atoms with Crippen molar-refractivity contribution < 1.29 is 9.53 Å². The summed E-state index contributed by atoms with van der Waals surface area (Å²) in [6.45, 7) is 5.89. The standard InChI is InChI=1S/C26H23Cl2N3O2S/c1-14-4-10-20(15(2)12-14)29-24(32)22-23-19-13-17(28)7-11-21(19)33-26(22,3)31(25(34)30-23)18-8-5-16(27)6-9-18/h4-13,22-23H,1-3H3,(H,29,32)(H,30,34). The van der Waals surface area contributed by atoms with Crippen LogP contribution in [-0.4, -0.2) is 16.7 Å². The second-order valence-corrected chi connectivity index (χ2v) is 10.1. The molecule has 0 aromatic heterocycles. The third-order valence-corrected chi connectivity index (χ3v) is 7.25. The predicted molar refractivity (Wildman–Crippen MR) is 141 cm³/mol. The molecule has 3 atom stereocenters. The molecule has 5 rings (SSSR count).